The highest BCUT2D eigenvalue weighted by molar-refractivity contribution is 14.1. The van der Waals surface area contributed by atoms with Gasteiger partial charge in [0.2, 0.25) is 0 Å². The van der Waals surface area contributed by atoms with Gasteiger partial charge in [-0.15, -0.1) is 0 Å². The van der Waals surface area contributed by atoms with Crippen molar-refractivity contribution in [3.05, 3.63) is 0 Å². The zero-order valence-electron chi connectivity index (χ0n) is 7.35. The van der Waals surface area contributed by atoms with E-state index in [0.29, 0.717) is 0 Å². The molecule has 0 saturated heterocycles. The maximum atomic E-state index is 9.41. The molecule has 72 valence electrons. The normalized spacial score (nSPS) is 35.8. The second-order valence-electron chi connectivity index (χ2n) is 3.51. The Labute approximate surface area is 87.4 Å². The summed E-state index contributed by atoms with van der Waals surface area (Å²) in [5.41, 5.74) is 0.121. The van der Waals surface area contributed by atoms with Crippen molar-refractivity contribution < 1.29 is 9.84 Å². The number of ether oxygens (including phenoxy) is 1. The first kappa shape index (κ1) is 10.7. The summed E-state index contributed by atoms with van der Waals surface area (Å²) in [4.78, 5) is 0. The fraction of sp³-hybridized carbons (Fsp3) is 1.00. The molecule has 0 heterocycles. The van der Waals surface area contributed by atoms with E-state index >= 15 is 0 Å². The standard InChI is InChI=1S/C8H16INO2/c1-12-5-4-8(10-9)3-2-7(11)6-8/h7,10-11H,2-6H2,1H3. The molecular formula is C8H16INO2. The van der Waals surface area contributed by atoms with Crippen LogP contribution in [0.15, 0.2) is 0 Å². The first-order chi connectivity index (χ1) is 5.72. The van der Waals surface area contributed by atoms with Crippen molar-refractivity contribution in [3.63, 3.8) is 0 Å². The average Bonchev–Trinajstić information content (AvgIpc) is 2.45. The summed E-state index contributed by atoms with van der Waals surface area (Å²) in [6, 6.07) is 0. The molecule has 1 rings (SSSR count). The van der Waals surface area contributed by atoms with Gasteiger partial charge in [0, 0.05) is 42.1 Å². The molecular weight excluding hydrogens is 269 g/mol. The maximum Gasteiger partial charge on any atom is 0.0558 e. The highest BCUT2D eigenvalue weighted by Crippen LogP contribution is 2.33. The largest absolute Gasteiger partial charge is 0.393 e. The molecule has 12 heavy (non-hydrogen) atoms. The Balaban J connectivity index is 2.41. The minimum absolute atomic E-state index is 0.121. The van der Waals surface area contributed by atoms with Crippen molar-refractivity contribution in [2.75, 3.05) is 13.7 Å². The molecule has 1 saturated carbocycles. The second-order valence-corrected chi connectivity index (χ2v) is 4.05. The number of hydrogen-bond acceptors (Lipinski definition) is 3. The Morgan fingerprint density at radius 1 is 1.75 bits per heavy atom. The van der Waals surface area contributed by atoms with Gasteiger partial charge in [0.25, 0.3) is 0 Å². The molecule has 4 heteroatoms. The zero-order chi connectivity index (χ0) is 9.03. The van der Waals surface area contributed by atoms with Crippen molar-refractivity contribution in [2.45, 2.75) is 37.3 Å². The van der Waals surface area contributed by atoms with Crippen molar-refractivity contribution in [3.8, 4) is 0 Å². The Kier molecular flexibility index (Phi) is 4.22. The summed E-state index contributed by atoms with van der Waals surface area (Å²) in [6.45, 7) is 0.767. The molecule has 2 unspecified atom stereocenters. The third-order valence-corrected chi connectivity index (χ3v) is 3.71. The fourth-order valence-electron chi connectivity index (χ4n) is 1.76. The predicted molar refractivity (Wildman–Crippen MR) is 56.2 cm³/mol. The Morgan fingerprint density at radius 3 is 2.92 bits per heavy atom. The minimum atomic E-state index is -0.121. The average molecular weight is 285 g/mol. The number of hydrogen-bond donors (Lipinski definition) is 2. The second kappa shape index (κ2) is 4.74. The summed E-state index contributed by atoms with van der Waals surface area (Å²) < 4.78 is 8.31. The van der Waals surface area contributed by atoms with Crippen LogP contribution in [0.5, 0.6) is 0 Å². The molecule has 0 aromatic heterocycles. The highest BCUT2D eigenvalue weighted by Gasteiger charge is 2.37. The summed E-state index contributed by atoms with van der Waals surface area (Å²) >= 11 is 2.18. The van der Waals surface area contributed by atoms with Gasteiger partial charge in [0.05, 0.1) is 6.10 Å². The lowest BCUT2D eigenvalue weighted by atomic mass is 9.95. The van der Waals surface area contributed by atoms with Gasteiger partial charge in [-0.25, -0.2) is 0 Å². The van der Waals surface area contributed by atoms with Crippen molar-refractivity contribution >= 4 is 22.9 Å². The van der Waals surface area contributed by atoms with Crippen LogP contribution in [-0.2, 0) is 4.74 Å². The van der Waals surface area contributed by atoms with Crippen LogP contribution in [0, 0.1) is 0 Å². The molecule has 0 radical (unpaired) electrons. The number of methoxy groups -OCH3 is 1. The van der Waals surface area contributed by atoms with Crippen LogP contribution in [0.25, 0.3) is 0 Å². The van der Waals surface area contributed by atoms with Gasteiger partial charge in [-0.1, -0.05) is 0 Å². The first-order valence-electron chi connectivity index (χ1n) is 4.27. The lowest BCUT2D eigenvalue weighted by Crippen LogP contribution is -2.38. The summed E-state index contributed by atoms with van der Waals surface area (Å²) in [5, 5.41) is 9.41. The summed E-state index contributed by atoms with van der Waals surface area (Å²) in [7, 11) is 1.71. The lowest BCUT2D eigenvalue weighted by Gasteiger charge is -2.26. The van der Waals surface area contributed by atoms with E-state index in [9.17, 15) is 5.11 Å². The Bertz CT molecular complexity index is 145. The SMILES string of the molecule is COCCC1(NI)CCC(O)C1. The molecule has 1 fully saturated rings. The van der Waals surface area contributed by atoms with Crippen LogP contribution in [0.4, 0.5) is 0 Å². The molecule has 0 aliphatic heterocycles. The van der Waals surface area contributed by atoms with Gasteiger partial charge in [0.1, 0.15) is 0 Å². The van der Waals surface area contributed by atoms with Crippen molar-refractivity contribution in [1.82, 2.24) is 3.53 Å². The maximum absolute atomic E-state index is 9.41. The van der Waals surface area contributed by atoms with E-state index < -0.39 is 0 Å². The number of halogens is 1. The number of rotatable bonds is 4. The Morgan fingerprint density at radius 2 is 2.50 bits per heavy atom. The molecule has 0 aromatic carbocycles. The summed E-state index contributed by atoms with van der Waals surface area (Å²) in [6.07, 6.45) is 3.70. The van der Waals surface area contributed by atoms with Crippen molar-refractivity contribution in [2.24, 2.45) is 0 Å². The van der Waals surface area contributed by atoms with Crippen LogP contribution in [-0.4, -0.2) is 30.5 Å². The molecule has 0 amide bonds. The smallest absolute Gasteiger partial charge is 0.0558 e. The van der Waals surface area contributed by atoms with Crippen molar-refractivity contribution in [1.29, 1.82) is 0 Å². The van der Waals surface area contributed by atoms with E-state index in [1.807, 2.05) is 0 Å². The van der Waals surface area contributed by atoms with Crippen LogP contribution in [0.1, 0.15) is 25.7 Å². The van der Waals surface area contributed by atoms with E-state index in [1.54, 1.807) is 7.11 Å². The molecule has 0 aromatic rings. The van der Waals surface area contributed by atoms with Crippen LogP contribution >= 0.6 is 22.9 Å². The van der Waals surface area contributed by atoms with E-state index in [4.69, 9.17) is 4.74 Å². The van der Waals surface area contributed by atoms with Gasteiger partial charge in [-0.2, -0.15) is 0 Å². The fourth-order valence-corrected chi connectivity index (χ4v) is 2.52. The summed E-state index contributed by atoms with van der Waals surface area (Å²) in [5.74, 6) is 0. The van der Waals surface area contributed by atoms with E-state index in [2.05, 4.69) is 26.4 Å². The molecule has 2 N–H and O–H groups in total. The molecule has 2 atom stereocenters. The molecule has 0 spiro atoms. The highest BCUT2D eigenvalue weighted by atomic mass is 127. The van der Waals surface area contributed by atoms with Gasteiger partial charge >= 0.3 is 0 Å². The van der Waals surface area contributed by atoms with Crippen LogP contribution in [0.2, 0.25) is 0 Å². The predicted octanol–water partition coefficient (Wildman–Crippen LogP) is 1.25. The number of aliphatic hydroxyl groups is 1. The molecule has 1 aliphatic carbocycles. The van der Waals surface area contributed by atoms with Gasteiger partial charge in [0.15, 0.2) is 0 Å². The van der Waals surface area contributed by atoms with Gasteiger partial charge < -0.3 is 9.84 Å². The van der Waals surface area contributed by atoms with Crippen LogP contribution in [0.3, 0.4) is 0 Å². The number of aliphatic hydroxyl groups excluding tert-OH is 1. The van der Waals surface area contributed by atoms with Gasteiger partial charge in [-0.3, -0.25) is 3.53 Å². The van der Waals surface area contributed by atoms with Gasteiger partial charge in [-0.05, 0) is 25.7 Å². The minimum Gasteiger partial charge on any atom is -0.393 e. The first-order valence-corrected chi connectivity index (χ1v) is 5.35. The molecule has 0 bridgehead atoms. The Hall–Kier alpha value is 0.610. The molecule has 1 aliphatic rings. The monoisotopic (exact) mass is 285 g/mol. The third-order valence-electron chi connectivity index (χ3n) is 2.57. The quantitative estimate of drug-likeness (QED) is 0.603. The zero-order valence-corrected chi connectivity index (χ0v) is 9.50. The molecule has 3 nitrogen and oxygen atoms in total. The van der Waals surface area contributed by atoms with Crippen LogP contribution < -0.4 is 3.53 Å². The van der Waals surface area contributed by atoms with E-state index in [0.717, 1.165) is 32.3 Å². The van der Waals surface area contributed by atoms with E-state index in [1.165, 1.54) is 0 Å². The van der Waals surface area contributed by atoms with E-state index in [-0.39, 0.29) is 11.6 Å². The number of nitrogens with one attached hydrogen (secondary N) is 1. The topological polar surface area (TPSA) is 41.5 Å². The third kappa shape index (κ3) is 2.55. The lowest BCUT2D eigenvalue weighted by molar-refractivity contribution is 0.146.